The van der Waals surface area contributed by atoms with Crippen LogP contribution >= 0.6 is 11.3 Å². The average molecular weight is 240 g/mol. The normalized spacial score (nSPS) is 20.5. The van der Waals surface area contributed by atoms with Gasteiger partial charge in [0.05, 0.1) is 6.54 Å². The lowest BCUT2D eigenvalue weighted by molar-refractivity contribution is -0.624. The van der Waals surface area contributed by atoms with E-state index in [0.29, 0.717) is 11.7 Å². The standard InChI is InChI=1S/C10H14N3O2S/c1-4-12-8(14)7(6(2)3)9(15)13-10(12)16-5-11-13/h5-7H,4H2,1-3H3/q+1. The number of hydrogen-bond acceptors (Lipinski definition) is 4. The zero-order valence-corrected chi connectivity index (χ0v) is 10.3. The van der Waals surface area contributed by atoms with E-state index in [1.54, 1.807) is 10.4 Å². The average Bonchev–Trinajstić information content (AvgIpc) is 2.66. The predicted molar refractivity (Wildman–Crippen MR) is 59.3 cm³/mol. The molecule has 0 N–H and O–H groups in total. The SMILES string of the molecule is CCN1C(=O)C(C(C)C)C(=O)[n+]2ncsc21. The van der Waals surface area contributed by atoms with Crippen LogP contribution in [-0.2, 0) is 4.79 Å². The Labute approximate surface area is 97.7 Å². The van der Waals surface area contributed by atoms with Crippen molar-refractivity contribution in [3.8, 4) is 0 Å². The number of nitrogens with zero attached hydrogens (tertiary/aromatic N) is 3. The maximum absolute atomic E-state index is 12.1. The second kappa shape index (κ2) is 3.93. The van der Waals surface area contributed by atoms with E-state index < -0.39 is 5.92 Å². The summed E-state index contributed by atoms with van der Waals surface area (Å²) >= 11 is 1.32. The number of hydrogen-bond donors (Lipinski definition) is 0. The first-order valence-corrected chi connectivity index (χ1v) is 6.17. The summed E-state index contributed by atoms with van der Waals surface area (Å²) in [5.74, 6) is -0.913. The summed E-state index contributed by atoms with van der Waals surface area (Å²) in [6.07, 6.45) is 0. The summed E-state index contributed by atoms with van der Waals surface area (Å²) in [6, 6.07) is 0. The molecule has 0 bridgehead atoms. The first-order valence-electron chi connectivity index (χ1n) is 5.29. The Balaban J connectivity index is 2.52. The van der Waals surface area contributed by atoms with Gasteiger partial charge in [0.1, 0.15) is 5.51 Å². The number of carbonyl (C=O) groups excluding carboxylic acids is 2. The molecule has 1 aromatic heterocycles. The minimum atomic E-state index is -0.598. The Morgan fingerprint density at radius 1 is 1.56 bits per heavy atom. The molecule has 0 aromatic carbocycles. The van der Waals surface area contributed by atoms with E-state index in [4.69, 9.17) is 0 Å². The summed E-state index contributed by atoms with van der Waals surface area (Å²) in [7, 11) is 0. The van der Waals surface area contributed by atoms with Crippen LogP contribution in [0.5, 0.6) is 0 Å². The van der Waals surface area contributed by atoms with E-state index in [1.807, 2.05) is 20.8 Å². The van der Waals surface area contributed by atoms with Gasteiger partial charge in [0.25, 0.3) is 0 Å². The van der Waals surface area contributed by atoms with Gasteiger partial charge in [0.2, 0.25) is 0 Å². The van der Waals surface area contributed by atoms with Crippen LogP contribution in [0, 0.1) is 11.8 Å². The molecule has 6 heteroatoms. The van der Waals surface area contributed by atoms with Crippen molar-refractivity contribution >= 4 is 28.3 Å². The quantitative estimate of drug-likeness (QED) is 0.565. The molecule has 86 valence electrons. The van der Waals surface area contributed by atoms with E-state index in [9.17, 15) is 9.59 Å². The zero-order valence-electron chi connectivity index (χ0n) is 9.51. The summed E-state index contributed by atoms with van der Waals surface area (Å²) < 4.78 is 1.35. The molecule has 0 saturated carbocycles. The number of carbonyl (C=O) groups is 2. The first kappa shape index (κ1) is 11.2. The lowest BCUT2D eigenvalue weighted by Gasteiger charge is -2.23. The third-order valence-corrected chi connectivity index (χ3v) is 3.53. The third-order valence-electron chi connectivity index (χ3n) is 2.72. The molecule has 2 rings (SSSR count). The molecule has 1 aliphatic rings. The second-order valence-electron chi connectivity index (χ2n) is 4.08. The fraction of sp³-hybridized carbons (Fsp3) is 0.600. The molecule has 5 nitrogen and oxygen atoms in total. The molecule has 1 aromatic rings. The molecule has 1 unspecified atom stereocenters. The maximum atomic E-state index is 12.1. The molecule has 0 spiro atoms. The van der Waals surface area contributed by atoms with Crippen molar-refractivity contribution in [1.82, 2.24) is 5.10 Å². The summed E-state index contributed by atoms with van der Waals surface area (Å²) in [6.45, 7) is 6.23. The van der Waals surface area contributed by atoms with E-state index in [1.165, 1.54) is 16.0 Å². The lowest BCUT2D eigenvalue weighted by atomic mass is 9.92. The fourth-order valence-electron chi connectivity index (χ4n) is 1.91. The minimum absolute atomic E-state index is 0.00333. The molecule has 0 saturated heterocycles. The third kappa shape index (κ3) is 1.44. The molecular formula is C10H14N3O2S+. The maximum Gasteiger partial charge on any atom is 0.373 e. The van der Waals surface area contributed by atoms with Crippen molar-refractivity contribution in [2.75, 3.05) is 11.4 Å². The number of rotatable bonds is 2. The van der Waals surface area contributed by atoms with E-state index in [0.717, 1.165) is 0 Å². The fourth-order valence-corrected chi connectivity index (χ4v) is 2.73. The Hall–Kier alpha value is -1.30. The van der Waals surface area contributed by atoms with Crippen LogP contribution < -0.4 is 9.58 Å². The molecule has 1 amide bonds. The van der Waals surface area contributed by atoms with Gasteiger partial charge in [-0.2, -0.15) is 4.90 Å². The van der Waals surface area contributed by atoms with Crippen LogP contribution in [0.15, 0.2) is 5.51 Å². The van der Waals surface area contributed by atoms with E-state index >= 15 is 0 Å². The highest BCUT2D eigenvalue weighted by molar-refractivity contribution is 7.13. The van der Waals surface area contributed by atoms with Gasteiger partial charge in [0.15, 0.2) is 5.92 Å². The van der Waals surface area contributed by atoms with Gasteiger partial charge in [-0.3, -0.25) is 0 Å². The van der Waals surface area contributed by atoms with Crippen LogP contribution in [0.1, 0.15) is 25.6 Å². The highest BCUT2D eigenvalue weighted by Crippen LogP contribution is 2.25. The first-order chi connectivity index (χ1) is 7.57. The monoisotopic (exact) mass is 240 g/mol. The van der Waals surface area contributed by atoms with E-state index in [-0.39, 0.29) is 17.7 Å². The minimum Gasteiger partial charge on any atom is -0.246 e. The van der Waals surface area contributed by atoms with Crippen molar-refractivity contribution in [2.45, 2.75) is 20.8 Å². The zero-order chi connectivity index (χ0) is 11.9. The van der Waals surface area contributed by atoms with Crippen molar-refractivity contribution in [1.29, 1.82) is 0 Å². The number of amides is 1. The second-order valence-corrected chi connectivity index (χ2v) is 4.89. The smallest absolute Gasteiger partial charge is 0.246 e. The van der Waals surface area contributed by atoms with Gasteiger partial charge in [0, 0.05) is 0 Å². The summed E-state index contributed by atoms with van der Waals surface area (Å²) in [5, 5.41) is 4.61. The van der Waals surface area contributed by atoms with Crippen molar-refractivity contribution in [3.63, 3.8) is 0 Å². The molecule has 1 aliphatic heterocycles. The largest absolute Gasteiger partial charge is 0.373 e. The lowest BCUT2D eigenvalue weighted by Crippen LogP contribution is -2.62. The number of fused-ring (bicyclic) bond motifs is 1. The Bertz CT molecular complexity index is 441. The van der Waals surface area contributed by atoms with Crippen molar-refractivity contribution in [3.05, 3.63) is 5.51 Å². The topological polar surface area (TPSA) is 54.2 Å². The van der Waals surface area contributed by atoms with Crippen molar-refractivity contribution < 1.29 is 14.3 Å². The number of aromatic nitrogens is 2. The summed E-state index contributed by atoms with van der Waals surface area (Å²) in [4.78, 5) is 25.8. The Kier molecular flexibility index (Phi) is 2.75. The van der Waals surface area contributed by atoms with E-state index in [2.05, 4.69) is 5.10 Å². The molecule has 0 fully saturated rings. The van der Waals surface area contributed by atoms with Crippen LogP contribution in [-0.4, -0.2) is 23.5 Å². The highest BCUT2D eigenvalue weighted by Gasteiger charge is 2.49. The van der Waals surface area contributed by atoms with Crippen LogP contribution in [0.25, 0.3) is 0 Å². The highest BCUT2D eigenvalue weighted by atomic mass is 32.1. The van der Waals surface area contributed by atoms with Gasteiger partial charge >= 0.3 is 16.9 Å². The molecule has 0 radical (unpaired) electrons. The molecule has 2 heterocycles. The predicted octanol–water partition coefficient (Wildman–Crippen LogP) is 0.710. The van der Waals surface area contributed by atoms with Gasteiger partial charge < -0.3 is 0 Å². The van der Waals surface area contributed by atoms with Gasteiger partial charge in [-0.15, -0.1) is 0 Å². The van der Waals surface area contributed by atoms with Crippen LogP contribution in [0.4, 0.5) is 5.13 Å². The summed E-state index contributed by atoms with van der Waals surface area (Å²) in [5.41, 5.74) is 1.59. The molecule has 0 aliphatic carbocycles. The van der Waals surface area contributed by atoms with Crippen LogP contribution in [0.3, 0.4) is 0 Å². The Morgan fingerprint density at radius 2 is 2.25 bits per heavy atom. The van der Waals surface area contributed by atoms with Gasteiger partial charge in [-0.25, -0.2) is 9.59 Å². The molecular weight excluding hydrogens is 226 g/mol. The van der Waals surface area contributed by atoms with Gasteiger partial charge in [-0.1, -0.05) is 23.6 Å². The Morgan fingerprint density at radius 3 is 2.81 bits per heavy atom. The molecule has 1 atom stereocenters. The van der Waals surface area contributed by atoms with Crippen LogP contribution in [0.2, 0.25) is 0 Å². The molecule has 16 heavy (non-hydrogen) atoms. The van der Waals surface area contributed by atoms with Crippen molar-refractivity contribution in [2.24, 2.45) is 11.8 Å². The van der Waals surface area contributed by atoms with Gasteiger partial charge in [-0.05, 0) is 24.2 Å². The number of anilines is 1.